The molecule has 0 saturated carbocycles. The minimum absolute atomic E-state index is 0.285. The van der Waals surface area contributed by atoms with Gasteiger partial charge in [-0.25, -0.2) is 9.97 Å². The summed E-state index contributed by atoms with van der Waals surface area (Å²) in [7, 11) is 0. The molecule has 2 rings (SSSR count). The molecule has 0 unspecified atom stereocenters. The van der Waals surface area contributed by atoms with E-state index in [1.807, 2.05) is 13.8 Å². The summed E-state index contributed by atoms with van der Waals surface area (Å²) in [6.07, 6.45) is 1.72. The Kier molecular flexibility index (Phi) is 1.59. The van der Waals surface area contributed by atoms with Crippen molar-refractivity contribution in [2.75, 3.05) is 0 Å². The van der Waals surface area contributed by atoms with Crippen LogP contribution in [0.3, 0.4) is 0 Å². The van der Waals surface area contributed by atoms with Crippen LogP contribution in [0.15, 0.2) is 6.20 Å². The van der Waals surface area contributed by atoms with Gasteiger partial charge in [-0.1, -0.05) is 0 Å². The van der Waals surface area contributed by atoms with E-state index in [9.17, 15) is 0 Å². The second kappa shape index (κ2) is 2.41. The zero-order valence-corrected chi connectivity index (χ0v) is 7.72. The second-order valence-corrected chi connectivity index (χ2v) is 3.65. The summed E-state index contributed by atoms with van der Waals surface area (Å²) in [5, 5.41) is 0.285. The average molecular weight is 185 g/mol. The number of hydrogen-bond acceptors (Lipinski definition) is 3. The van der Waals surface area contributed by atoms with Gasteiger partial charge in [0.1, 0.15) is 5.60 Å². The van der Waals surface area contributed by atoms with Crippen LogP contribution in [0.2, 0.25) is 5.28 Å². The smallest absolute Gasteiger partial charge is 0.222 e. The van der Waals surface area contributed by atoms with Gasteiger partial charge in [0, 0.05) is 11.8 Å². The van der Waals surface area contributed by atoms with Crippen LogP contribution in [-0.2, 0) is 16.9 Å². The van der Waals surface area contributed by atoms with Gasteiger partial charge in [-0.3, -0.25) is 0 Å². The van der Waals surface area contributed by atoms with Crippen LogP contribution >= 0.6 is 11.6 Å². The van der Waals surface area contributed by atoms with E-state index in [0.29, 0.717) is 6.61 Å². The molecule has 0 saturated heterocycles. The van der Waals surface area contributed by atoms with Gasteiger partial charge in [0.25, 0.3) is 0 Å². The summed E-state index contributed by atoms with van der Waals surface area (Å²) in [6.45, 7) is 4.53. The molecule has 0 amide bonds. The Morgan fingerprint density at radius 2 is 2.33 bits per heavy atom. The number of fused-ring (bicyclic) bond motifs is 1. The first kappa shape index (κ1) is 7.95. The topological polar surface area (TPSA) is 35.0 Å². The summed E-state index contributed by atoms with van der Waals surface area (Å²) in [5.41, 5.74) is 1.62. The largest absolute Gasteiger partial charge is 0.364 e. The van der Waals surface area contributed by atoms with Crippen molar-refractivity contribution in [3.8, 4) is 0 Å². The van der Waals surface area contributed by atoms with E-state index in [2.05, 4.69) is 9.97 Å². The molecule has 0 spiro atoms. The van der Waals surface area contributed by atoms with Crippen LogP contribution in [0.1, 0.15) is 25.1 Å². The molecule has 4 heteroatoms. The van der Waals surface area contributed by atoms with Crippen molar-refractivity contribution in [2.45, 2.75) is 26.1 Å². The first-order valence-corrected chi connectivity index (χ1v) is 4.13. The van der Waals surface area contributed by atoms with Crippen molar-refractivity contribution < 1.29 is 4.74 Å². The maximum Gasteiger partial charge on any atom is 0.222 e. The van der Waals surface area contributed by atoms with Gasteiger partial charge in [-0.2, -0.15) is 0 Å². The molecule has 1 aromatic rings. The lowest BCUT2D eigenvalue weighted by molar-refractivity contribution is -0.0101. The fraction of sp³-hybridized carbons (Fsp3) is 0.500. The molecule has 0 aliphatic carbocycles. The molecule has 1 aliphatic rings. The summed E-state index contributed by atoms with van der Waals surface area (Å²) in [5.74, 6) is 0. The highest BCUT2D eigenvalue weighted by atomic mass is 35.5. The van der Waals surface area contributed by atoms with Crippen molar-refractivity contribution >= 4 is 11.6 Å². The van der Waals surface area contributed by atoms with Gasteiger partial charge in [-0.05, 0) is 25.4 Å². The summed E-state index contributed by atoms with van der Waals surface area (Å²) in [6, 6.07) is 0. The highest BCUT2D eigenvalue weighted by molar-refractivity contribution is 6.28. The van der Waals surface area contributed by atoms with E-state index in [0.717, 1.165) is 11.3 Å². The fourth-order valence-corrected chi connectivity index (χ4v) is 1.47. The van der Waals surface area contributed by atoms with Gasteiger partial charge in [0.2, 0.25) is 5.28 Å². The minimum atomic E-state index is -0.318. The second-order valence-electron chi connectivity index (χ2n) is 3.31. The molecule has 0 radical (unpaired) electrons. The third-order valence-corrected chi connectivity index (χ3v) is 2.18. The van der Waals surface area contributed by atoms with Gasteiger partial charge in [-0.15, -0.1) is 0 Å². The first-order chi connectivity index (χ1) is 5.59. The third-order valence-electron chi connectivity index (χ3n) is 1.99. The number of rotatable bonds is 0. The molecule has 0 atom stereocenters. The van der Waals surface area contributed by atoms with E-state index in [1.165, 1.54) is 0 Å². The van der Waals surface area contributed by atoms with E-state index >= 15 is 0 Å². The number of hydrogen-bond donors (Lipinski definition) is 0. The summed E-state index contributed by atoms with van der Waals surface area (Å²) < 4.78 is 5.50. The van der Waals surface area contributed by atoms with E-state index < -0.39 is 0 Å². The van der Waals surface area contributed by atoms with Crippen molar-refractivity contribution in [1.82, 2.24) is 9.97 Å². The van der Waals surface area contributed by atoms with Crippen LogP contribution in [0.25, 0.3) is 0 Å². The van der Waals surface area contributed by atoms with E-state index in [-0.39, 0.29) is 10.9 Å². The fourth-order valence-electron chi connectivity index (χ4n) is 1.34. The number of halogens is 1. The third kappa shape index (κ3) is 1.09. The van der Waals surface area contributed by atoms with Crippen LogP contribution in [0.5, 0.6) is 0 Å². The zero-order valence-electron chi connectivity index (χ0n) is 6.97. The number of ether oxygens (including phenoxy) is 1. The normalized spacial score (nSPS) is 19.2. The Bertz CT molecular complexity index is 325. The first-order valence-electron chi connectivity index (χ1n) is 3.75. The Labute approximate surface area is 75.7 Å². The molecule has 64 valence electrons. The SMILES string of the molecule is CC1(C)OCc2cnc(Cl)nc21. The number of nitrogens with zero attached hydrogens (tertiary/aromatic N) is 2. The summed E-state index contributed by atoms with van der Waals surface area (Å²) in [4.78, 5) is 8.03. The van der Waals surface area contributed by atoms with Crippen LogP contribution in [0, 0.1) is 0 Å². The molecule has 3 nitrogen and oxygen atoms in total. The Hall–Kier alpha value is -0.670. The van der Waals surface area contributed by atoms with Crippen LogP contribution in [0.4, 0.5) is 0 Å². The summed E-state index contributed by atoms with van der Waals surface area (Å²) >= 11 is 5.67. The maximum atomic E-state index is 5.67. The molecular weight excluding hydrogens is 176 g/mol. The Morgan fingerprint density at radius 3 is 3.08 bits per heavy atom. The van der Waals surface area contributed by atoms with E-state index in [1.54, 1.807) is 6.20 Å². The van der Waals surface area contributed by atoms with Crippen molar-refractivity contribution in [3.63, 3.8) is 0 Å². The van der Waals surface area contributed by atoms with E-state index in [4.69, 9.17) is 16.3 Å². The lowest BCUT2D eigenvalue weighted by Gasteiger charge is -2.16. The molecule has 1 aromatic heterocycles. The maximum absolute atomic E-state index is 5.67. The number of aromatic nitrogens is 2. The van der Waals surface area contributed by atoms with Gasteiger partial charge < -0.3 is 4.74 Å². The molecule has 0 fully saturated rings. The molecule has 0 bridgehead atoms. The quantitative estimate of drug-likeness (QED) is 0.578. The lowest BCUT2D eigenvalue weighted by atomic mass is 10.0. The van der Waals surface area contributed by atoms with Crippen molar-refractivity contribution in [2.24, 2.45) is 0 Å². The predicted molar refractivity (Wildman–Crippen MR) is 44.9 cm³/mol. The monoisotopic (exact) mass is 184 g/mol. The Balaban J connectivity index is 2.57. The zero-order chi connectivity index (χ0) is 8.77. The highest BCUT2D eigenvalue weighted by Gasteiger charge is 2.32. The van der Waals surface area contributed by atoms with Gasteiger partial charge >= 0.3 is 0 Å². The molecule has 0 aromatic carbocycles. The molecule has 2 heterocycles. The van der Waals surface area contributed by atoms with Crippen molar-refractivity contribution in [1.29, 1.82) is 0 Å². The van der Waals surface area contributed by atoms with Crippen molar-refractivity contribution in [3.05, 3.63) is 22.7 Å². The predicted octanol–water partition coefficient (Wildman–Crippen LogP) is 1.90. The molecule has 1 aliphatic heterocycles. The molecule has 0 N–H and O–H groups in total. The standard InChI is InChI=1S/C8H9ClN2O/c1-8(2)6-5(4-12-8)3-10-7(9)11-6/h3H,4H2,1-2H3. The minimum Gasteiger partial charge on any atom is -0.364 e. The van der Waals surface area contributed by atoms with Crippen LogP contribution in [-0.4, -0.2) is 9.97 Å². The van der Waals surface area contributed by atoms with Gasteiger partial charge in [0.15, 0.2) is 0 Å². The molecular formula is C8H9ClN2O. The Morgan fingerprint density at radius 1 is 1.58 bits per heavy atom. The van der Waals surface area contributed by atoms with Crippen LogP contribution < -0.4 is 0 Å². The highest BCUT2D eigenvalue weighted by Crippen LogP contribution is 2.33. The average Bonchev–Trinajstić information content (AvgIpc) is 2.28. The van der Waals surface area contributed by atoms with Gasteiger partial charge in [0.05, 0.1) is 12.3 Å². The lowest BCUT2D eigenvalue weighted by Crippen LogP contribution is -2.16. The molecule has 12 heavy (non-hydrogen) atoms.